The van der Waals surface area contributed by atoms with Gasteiger partial charge in [0.15, 0.2) is 5.16 Å². The summed E-state index contributed by atoms with van der Waals surface area (Å²) >= 11 is 7.57. The number of carbonyl (C=O) groups is 1. The summed E-state index contributed by atoms with van der Waals surface area (Å²) in [6.07, 6.45) is 2.95. The van der Waals surface area contributed by atoms with E-state index in [-0.39, 0.29) is 11.5 Å². The molecular formula is C27H26ClN3O2S. The molecule has 0 bridgehead atoms. The van der Waals surface area contributed by atoms with Crippen LogP contribution in [0, 0.1) is 0 Å². The van der Waals surface area contributed by atoms with Crippen molar-refractivity contribution in [1.82, 2.24) is 14.9 Å². The van der Waals surface area contributed by atoms with E-state index in [0.717, 1.165) is 30.7 Å². The molecule has 1 aromatic heterocycles. The Kier molecular flexibility index (Phi) is 8.39. The number of hydrogen-bond acceptors (Lipinski definition) is 4. The van der Waals surface area contributed by atoms with Crippen molar-refractivity contribution >= 4 is 40.2 Å². The second kappa shape index (κ2) is 11.9. The van der Waals surface area contributed by atoms with Crippen molar-refractivity contribution in [3.8, 4) is 5.69 Å². The van der Waals surface area contributed by atoms with E-state index in [1.165, 1.54) is 17.3 Å². The van der Waals surface area contributed by atoms with Crippen LogP contribution in [0.25, 0.3) is 16.6 Å². The average molecular weight is 492 g/mol. The Morgan fingerprint density at radius 2 is 1.68 bits per heavy atom. The number of thioether (sulfide) groups is 1. The molecule has 0 atom stereocenters. The summed E-state index contributed by atoms with van der Waals surface area (Å²) in [5, 5.41) is 4.82. The number of halogens is 1. The molecule has 34 heavy (non-hydrogen) atoms. The number of para-hydroxylation sites is 1. The maximum absolute atomic E-state index is 13.2. The molecule has 0 saturated heterocycles. The first kappa shape index (κ1) is 24.0. The van der Waals surface area contributed by atoms with E-state index < -0.39 is 0 Å². The van der Waals surface area contributed by atoms with Gasteiger partial charge in [-0.3, -0.25) is 14.2 Å². The van der Waals surface area contributed by atoms with E-state index in [1.54, 1.807) is 22.8 Å². The fourth-order valence-corrected chi connectivity index (χ4v) is 4.79. The SMILES string of the molecule is O=C(CCCCSc1nc2ccccc2c(=O)n1-c1ccc(Cl)cc1)NCCc1ccccc1. The summed E-state index contributed by atoms with van der Waals surface area (Å²) in [6.45, 7) is 0.645. The van der Waals surface area contributed by atoms with Gasteiger partial charge >= 0.3 is 0 Å². The monoisotopic (exact) mass is 491 g/mol. The number of amides is 1. The normalized spacial score (nSPS) is 11.0. The van der Waals surface area contributed by atoms with Crippen molar-refractivity contribution in [2.75, 3.05) is 12.3 Å². The Bertz CT molecular complexity index is 1310. The number of rotatable bonds is 10. The molecular weight excluding hydrogens is 466 g/mol. The first-order valence-corrected chi connectivity index (χ1v) is 12.7. The molecule has 1 N–H and O–H groups in total. The highest BCUT2D eigenvalue weighted by Crippen LogP contribution is 2.23. The van der Waals surface area contributed by atoms with Crippen molar-refractivity contribution in [2.45, 2.75) is 30.8 Å². The Morgan fingerprint density at radius 3 is 2.47 bits per heavy atom. The van der Waals surface area contributed by atoms with Gasteiger partial charge in [0, 0.05) is 23.7 Å². The van der Waals surface area contributed by atoms with E-state index in [0.29, 0.717) is 34.0 Å². The van der Waals surface area contributed by atoms with E-state index in [9.17, 15) is 9.59 Å². The van der Waals surface area contributed by atoms with Crippen LogP contribution in [-0.2, 0) is 11.2 Å². The molecule has 0 fully saturated rings. The molecule has 4 rings (SSSR count). The number of unbranched alkanes of at least 4 members (excludes halogenated alkanes) is 1. The third-order valence-corrected chi connectivity index (χ3v) is 6.71. The largest absolute Gasteiger partial charge is 0.356 e. The lowest BCUT2D eigenvalue weighted by molar-refractivity contribution is -0.121. The maximum atomic E-state index is 13.2. The average Bonchev–Trinajstić information content (AvgIpc) is 2.85. The van der Waals surface area contributed by atoms with Gasteiger partial charge in [0.05, 0.1) is 16.6 Å². The van der Waals surface area contributed by atoms with Crippen LogP contribution in [0.1, 0.15) is 24.8 Å². The highest BCUT2D eigenvalue weighted by molar-refractivity contribution is 7.99. The van der Waals surface area contributed by atoms with Crippen LogP contribution in [-0.4, -0.2) is 27.8 Å². The number of nitrogens with one attached hydrogen (secondary N) is 1. The summed E-state index contributed by atoms with van der Waals surface area (Å²) in [4.78, 5) is 30.1. The Balaban J connectivity index is 1.34. The first-order chi connectivity index (χ1) is 16.6. The van der Waals surface area contributed by atoms with E-state index >= 15 is 0 Å². The van der Waals surface area contributed by atoms with Gasteiger partial charge in [-0.15, -0.1) is 0 Å². The highest BCUT2D eigenvalue weighted by Gasteiger charge is 2.13. The molecule has 1 heterocycles. The van der Waals surface area contributed by atoms with E-state index in [1.807, 2.05) is 48.5 Å². The van der Waals surface area contributed by atoms with E-state index in [2.05, 4.69) is 17.4 Å². The number of fused-ring (bicyclic) bond motifs is 1. The van der Waals surface area contributed by atoms with Crippen molar-refractivity contribution in [2.24, 2.45) is 0 Å². The minimum Gasteiger partial charge on any atom is -0.356 e. The lowest BCUT2D eigenvalue weighted by atomic mass is 10.1. The molecule has 3 aromatic carbocycles. The summed E-state index contributed by atoms with van der Waals surface area (Å²) in [5.74, 6) is 0.832. The van der Waals surface area contributed by atoms with Crippen LogP contribution in [0.3, 0.4) is 0 Å². The molecule has 0 unspecified atom stereocenters. The third kappa shape index (κ3) is 6.27. The quantitative estimate of drug-likeness (QED) is 0.176. The minimum absolute atomic E-state index is 0.0721. The Morgan fingerprint density at radius 1 is 0.941 bits per heavy atom. The first-order valence-electron chi connectivity index (χ1n) is 11.3. The molecule has 1 amide bonds. The Labute approximate surface area is 208 Å². The zero-order valence-corrected chi connectivity index (χ0v) is 20.3. The molecule has 0 aliphatic carbocycles. The highest BCUT2D eigenvalue weighted by atomic mass is 35.5. The van der Waals surface area contributed by atoms with Crippen molar-refractivity contribution in [1.29, 1.82) is 0 Å². The lowest BCUT2D eigenvalue weighted by Gasteiger charge is -2.13. The molecule has 0 aliphatic heterocycles. The van der Waals surface area contributed by atoms with Crippen LogP contribution in [0.15, 0.2) is 88.8 Å². The van der Waals surface area contributed by atoms with Crippen molar-refractivity contribution in [3.05, 3.63) is 99.8 Å². The smallest absolute Gasteiger partial charge is 0.266 e. The molecule has 0 aliphatic rings. The molecule has 5 nitrogen and oxygen atoms in total. The molecule has 0 spiro atoms. The predicted octanol–water partition coefficient (Wildman–Crippen LogP) is 5.66. The second-order valence-corrected chi connectivity index (χ2v) is 9.42. The Hall–Kier alpha value is -3.09. The molecule has 0 radical (unpaired) electrons. The standard InChI is InChI=1S/C27H26ClN3O2S/c28-21-13-15-22(16-14-21)31-26(33)23-10-4-5-11-24(23)30-27(31)34-19-7-6-12-25(32)29-18-17-20-8-2-1-3-9-20/h1-5,8-11,13-16H,6-7,12,17-19H2,(H,29,32). The van der Waals surface area contributed by atoms with Gasteiger partial charge in [0.25, 0.3) is 5.56 Å². The molecule has 4 aromatic rings. The van der Waals surface area contributed by atoms with Crippen LogP contribution in [0.4, 0.5) is 0 Å². The second-order valence-electron chi connectivity index (χ2n) is 7.92. The van der Waals surface area contributed by atoms with Gasteiger partial charge in [-0.25, -0.2) is 4.98 Å². The summed E-state index contributed by atoms with van der Waals surface area (Å²) in [7, 11) is 0. The lowest BCUT2D eigenvalue weighted by Crippen LogP contribution is -2.25. The topological polar surface area (TPSA) is 64.0 Å². The summed E-state index contributed by atoms with van der Waals surface area (Å²) < 4.78 is 1.64. The zero-order valence-electron chi connectivity index (χ0n) is 18.7. The fourth-order valence-electron chi connectivity index (χ4n) is 3.66. The van der Waals surface area contributed by atoms with Gasteiger partial charge in [-0.05, 0) is 61.2 Å². The van der Waals surface area contributed by atoms with Gasteiger partial charge < -0.3 is 5.32 Å². The number of hydrogen-bond donors (Lipinski definition) is 1. The molecule has 7 heteroatoms. The molecule has 0 saturated carbocycles. The van der Waals surface area contributed by atoms with Gasteiger partial charge in [0.2, 0.25) is 5.91 Å². The minimum atomic E-state index is -0.104. The number of carbonyl (C=O) groups excluding carboxylic acids is 1. The van der Waals surface area contributed by atoms with E-state index in [4.69, 9.17) is 16.6 Å². The van der Waals surface area contributed by atoms with Crippen LogP contribution in [0.2, 0.25) is 5.02 Å². The fraction of sp³-hybridized carbons (Fsp3) is 0.222. The van der Waals surface area contributed by atoms with Crippen LogP contribution in [0.5, 0.6) is 0 Å². The van der Waals surface area contributed by atoms with Crippen molar-refractivity contribution < 1.29 is 4.79 Å². The van der Waals surface area contributed by atoms with Gasteiger partial charge in [-0.2, -0.15) is 0 Å². The zero-order chi connectivity index (χ0) is 23.8. The number of aromatic nitrogens is 2. The van der Waals surface area contributed by atoms with Crippen molar-refractivity contribution in [3.63, 3.8) is 0 Å². The number of benzene rings is 3. The number of nitrogens with zero attached hydrogens (tertiary/aromatic N) is 2. The van der Waals surface area contributed by atoms with Gasteiger partial charge in [0.1, 0.15) is 0 Å². The summed E-state index contributed by atoms with van der Waals surface area (Å²) in [5.41, 5.74) is 2.52. The predicted molar refractivity (Wildman–Crippen MR) is 140 cm³/mol. The maximum Gasteiger partial charge on any atom is 0.266 e. The molecule has 174 valence electrons. The van der Waals surface area contributed by atoms with Crippen LogP contribution >= 0.6 is 23.4 Å². The third-order valence-electron chi connectivity index (χ3n) is 5.44. The van der Waals surface area contributed by atoms with Crippen LogP contribution < -0.4 is 10.9 Å². The summed E-state index contributed by atoms with van der Waals surface area (Å²) in [6, 6.07) is 24.7. The van der Waals surface area contributed by atoms with Gasteiger partial charge in [-0.1, -0.05) is 65.8 Å².